The van der Waals surface area contributed by atoms with Crippen molar-refractivity contribution < 1.29 is 9.59 Å². The summed E-state index contributed by atoms with van der Waals surface area (Å²) < 4.78 is 0. The number of urea groups is 1. The van der Waals surface area contributed by atoms with Gasteiger partial charge in [-0.15, -0.1) is 0 Å². The topological polar surface area (TPSA) is 61.4 Å². The molecule has 0 aliphatic carbocycles. The van der Waals surface area contributed by atoms with Gasteiger partial charge in [-0.05, 0) is 37.5 Å². The second-order valence-electron chi connectivity index (χ2n) is 5.51. The summed E-state index contributed by atoms with van der Waals surface area (Å²) in [6.07, 6.45) is 0.718. The van der Waals surface area contributed by atoms with E-state index in [2.05, 4.69) is 10.6 Å². The molecule has 2 N–H and O–H groups in total. The Bertz CT molecular complexity index is 562. The van der Waals surface area contributed by atoms with Crippen molar-refractivity contribution in [2.45, 2.75) is 26.8 Å². The number of rotatable bonds is 4. The molecule has 1 aliphatic heterocycles. The minimum Gasteiger partial charge on any atom is -0.356 e. The average molecular weight is 324 g/mol. The molecule has 1 fully saturated rings. The lowest BCUT2D eigenvalue weighted by atomic mass is 10.1. The first-order chi connectivity index (χ1) is 10.5. The van der Waals surface area contributed by atoms with E-state index >= 15 is 0 Å². The molecule has 1 unspecified atom stereocenters. The first-order valence-electron chi connectivity index (χ1n) is 7.57. The number of halogens is 1. The molecule has 6 heteroatoms. The van der Waals surface area contributed by atoms with Crippen LogP contribution in [0.3, 0.4) is 0 Å². The second-order valence-corrected chi connectivity index (χ2v) is 5.92. The van der Waals surface area contributed by atoms with Crippen LogP contribution in [0.1, 0.15) is 24.5 Å². The fraction of sp³-hybridized carbons (Fsp3) is 0.500. The number of likely N-dealkylation sites (tertiary alicyclic amines) is 1. The summed E-state index contributed by atoms with van der Waals surface area (Å²) in [7, 11) is 0. The van der Waals surface area contributed by atoms with Gasteiger partial charge in [0, 0.05) is 31.2 Å². The van der Waals surface area contributed by atoms with Crippen LogP contribution in [0.2, 0.25) is 5.02 Å². The normalized spacial score (nSPS) is 17.4. The molecule has 1 aromatic rings. The van der Waals surface area contributed by atoms with Gasteiger partial charge in [0.25, 0.3) is 0 Å². The van der Waals surface area contributed by atoms with E-state index in [0.717, 1.165) is 17.5 Å². The smallest absolute Gasteiger partial charge is 0.317 e. The van der Waals surface area contributed by atoms with Crippen LogP contribution < -0.4 is 10.6 Å². The zero-order valence-corrected chi connectivity index (χ0v) is 13.7. The predicted molar refractivity (Wildman–Crippen MR) is 86.8 cm³/mol. The fourth-order valence-electron chi connectivity index (χ4n) is 2.60. The Kier molecular flexibility index (Phi) is 5.66. The lowest BCUT2D eigenvalue weighted by Gasteiger charge is -2.18. The number of hydrogen-bond donors (Lipinski definition) is 2. The van der Waals surface area contributed by atoms with E-state index in [1.165, 1.54) is 0 Å². The van der Waals surface area contributed by atoms with Crippen LogP contribution >= 0.6 is 11.6 Å². The van der Waals surface area contributed by atoms with Gasteiger partial charge in [-0.1, -0.05) is 23.7 Å². The minimum absolute atomic E-state index is 0.0310. The molecule has 0 radical (unpaired) electrons. The van der Waals surface area contributed by atoms with Crippen LogP contribution in [0.15, 0.2) is 18.2 Å². The number of hydrogen-bond acceptors (Lipinski definition) is 2. The molecule has 0 aromatic heterocycles. The Morgan fingerprint density at radius 1 is 1.36 bits per heavy atom. The molecule has 5 nitrogen and oxygen atoms in total. The lowest BCUT2D eigenvalue weighted by Crippen LogP contribution is -2.39. The van der Waals surface area contributed by atoms with Gasteiger partial charge < -0.3 is 15.5 Å². The highest BCUT2D eigenvalue weighted by Gasteiger charge is 2.30. The predicted octanol–water partition coefficient (Wildman–Crippen LogP) is 2.32. The summed E-state index contributed by atoms with van der Waals surface area (Å²) in [5.41, 5.74) is 1.98. The van der Waals surface area contributed by atoms with Crippen molar-refractivity contribution in [3.05, 3.63) is 34.3 Å². The van der Waals surface area contributed by atoms with E-state index in [0.29, 0.717) is 31.2 Å². The zero-order chi connectivity index (χ0) is 16.1. The maximum Gasteiger partial charge on any atom is 0.317 e. The number of benzene rings is 1. The van der Waals surface area contributed by atoms with Crippen molar-refractivity contribution in [2.75, 3.05) is 19.6 Å². The van der Waals surface area contributed by atoms with Crippen LogP contribution in [0.25, 0.3) is 0 Å². The third kappa shape index (κ3) is 3.91. The Morgan fingerprint density at radius 2 is 2.14 bits per heavy atom. The number of nitrogens with zero attached hydrogens (tertiary/aromatic N) is 1. The second kappa shape index (κ2) is 7.49. The summed E-state index contributed by atoms with van der Waals surface area (Å²) in [6.45, 7) is 5.98. The molecule has 2 rings (SSSR count). The fourth-order valence-corrected chi connectivity index (χ4v) is 2.80. The molecule has 3 amide bonds. The van der Waals surface area contributed by atoms with Crippen molar-refractivity contribution in [2.24, 2.45) is 5.92 Å². The molecule has 1 atom stereocenters. The highest BCUT2D eigenvalue weighted by molar-refractivity contribution is 6.31. The summed E-state index contributed by atoms with van der Waals surface area (Å²) in [6, 6.07) is 5.52. The standard InChI is InChI=1S/C16H22ClN3O2/c1-3-18-15(21)13-7-8-20(10-13)16(22)19-9-12-5-4-6-14(17)11(12)2/h4-6,13H,3,7-10H2,1-2H3,(H,18,21)(H,19,22). The lowest BCUT2D eigenvalue weighted by molar-refractivity contribution is -0.124. The van der Waals surface area contributed by atoms with E-state index in [1.54, 1.807) is 4.90 Å². The number of nitrogens with one attached hydrogen (secondary N) is 2. The SMILES string of the molecule is CCNC(=O)C1CCN(C(=O)NCc2cccc(Cl)c2C)C1. The molecule has 1 heterocycles. The van der Waals surface area contributed by atoms with Gasteiger partial charge in [-0.25, -0.2) is 4.79 Å². The molecule has 0 spiro atoms. The summed E-state index contributed by atoms with van der Waals surface area (Å²) in [4.78, 5) is 25.7. The van der Waals surface area contributed by atoms with Gasteiger partial charge in [-0.3, -0.25) is 4.79 Å². The molecule has 1 aliphatic rings. The van der Waals surface area contributed by atoms with E-state index in [-0.39, 0.29) is 17.9 Å². The van der Waals surface area contributed by atoms with Crippen molar-refractivity contribution in [1.82, 2.24) is 15.5 Å². The van der Waals surface area contributed by atoms with E-state index in [9.17, 15) is 9.59 Å². The average Bonchev–Trinajstić information content (AvgIpc) is 2.99. The summed E-state index contributed by atoms with van der Waals surface area (Å²) in [5.74, 6) is -0.0675. The first kappa shape index (κ1) is 16.6. The van der Waals surface area contributed by atoms with E-state index < -0.39 is 0 Å². The molecular formula is C16H22ClN3O2. The highest BCUT2D eigenvalue weighted by atomic mass is 35.5. The molecular weight excluding hydrogens is 302 g/mol. The van der Waals surface area contributed by atoms with Crippen LogP contribution in [0, 0.1) is 12.8 Å². The molecule has 1 aromatic carbocycles. The Hall–Kier alpha value is -1.75. The van der Waals surface area contributed by atoms with E-state index in [1.807, 2.05) is 32.0 Å². The van der Waals surface area contributed by atoms with Gasteiger partial charge in [0.15, 0.2) is 0 Å². The molecule has 1 saturated heterocycles. The quantitative estimate of drug-likeness (QED) is 0.893. The van der Waals surface area contributed by atoms with Crippen molar-refractivity contribution in [3.63, 3.8) is 0 Å². The molecule has 22 heavy (non-hydrogen) atoms. The van der Waals surface area contributed by atoms with Gasteiger partial charge >= 0.3 is 6.03 Å². The van der Waals surface area contributed by atoms with E-state index in [4.69, 9.17) is 11.6 Å². The van der Waals surface area contributed by atoms with Gasteiger partial charge in [-0.2, -0.15) is 0 Å². The Morgan fingerprint density at radius 3 is 2.86 bits per heavy atom. The first-order valence-corrected chi connectivity index (χ1v) is 7.95. The number of carbonyl (C=O) groups excluding carboxylic acids is 2. The molecule has 0 bridgehead atoms. The maximum atomic E-state index is 12.2. The Labute approximate surface area is 136 Å². The molecule has 0 saturated carbocycles. The van der Waals surface area contributed by atoms with Gasteiger partial charge in [0.05, 0.1) is 5.92 Å². The zero-order valence-electron chi connectivity index (χ0n) is 13.0. The Balaban J connectivity index is 1.86. The largest absolute Gasteiger partial charge is 0.356 e. The third-order valence-corrected chi connectivity index (χ3v) is 4.42. The van der Waals surface area contributed by atoms with Crippen molar-refractivity contribution in [1.29, 1.82) is 0 Å². The summed E-state index contributed by atoms with van der Waals surface area (Å²) in [5, 5.41) is 6.40. The van der Waals surface area contributed by atoms with Crippen LogP contribution in [-0.2, 0) is 11.3 Å². The monoisotopic (exact) mass is 323 g/mol. The molecule has 120 valence electrons. The third-order valence-electron chi connectivity index (χ3n) is 4.01. The number of amides is 3. The van der Waals surface area contributed by atoms with Gasteiger partial charge in [0.2, 0.25) is 5.91 Å². The van der Waals surface area contributed by atoms with Crippen LogP contribution in [-0.4, -0.2) is 36.5 Å². The highest BCUT2D eigenvalue weighted by Crippen LogP contribution is 2.19. The summed E-state index contributed by atoms with van der Waals surface area (Å²) >= 11 is 6.07. The number of carbonyl (C=O) groups is 2. The minimum atomic E-state index is -0.133. The van der Waals surface area contributed by atoms with Crippen molar-refractivity contribution in [3.8, 4) is 0 Å². The maximum absolute atomic E-state index is 12.2. The van der Waals surface area contributed by atoms with Crippen molar-refractivity contribution >= 4 is 23.5 Å². The van der Waals surface area contributed by atoms with Crippen LogP contribution in [0.5, 0.6) is 0 Å². The van der Waals surface area contributed by atoms with Gasteiger partial charge in [0.1, 0.15) is 0 Å². The van der Waals surface area contributed by atoms with Crippen LogP contribution in [0.4, 0.5) is 4.79 Å².